The maximum absolute atomic E-state index is 11.5. The standard InChI is InChI=1S/C11H19NO3/c1-4-5-9(6-10(12)13)11(14)15-7-8(2)3/h6,8H,4-5,7H2,1-3H3,(H2,12,13)/b9-6-. The third kappa shape index (κ3) is 6.71. The van der Waals surface area contributed by atoms with Gasteiger partial charge in [0.1, 0.15) is 0 Å². The van der Waals surface area contributed by atoms with E-state index in [-0.39, 0.29) is 5.92 Å². The third-order valence-corrected chi connectivity index (χ3v) is 1.65. The summed E-state index contributed by atoms with van der Waals surface area (Å²) in [6.07, 6.45) is 2.43. The number of carbonyl (C=O) groups excluding carboxylic acids is 2. The van der Waals surface area contributed by atoms with Crippen LogP contribution in [-0.4, -0.2) is 18.5 Å². The van der Waals surface area contributed by atoms with Crippen molar-refractivity contribution in [3.8, 4) is 0 Å². The van der Waals surface area contributed by atoms with Gasteiger partial charge in [0.25, 0.3) is 0 Å². The second-order valence-corrected chi connectivity index (χ2v) is 3.81. The van der Waals surface area contributed by atoms with Crippen LogP contribution in [0, 0.1) is 5.92 Å². The van der Waals surface area contributed by atoms with Gasteiger partial charge in [-0.25, -0.2) is 4.79 Å². The lowest BCUT2D eigenvalue weighted by Crippen LogP contribution is -2.15. The molecule has 0 aromatic carbocycles. The summed E-state index contributed by atoms with van der Waals surface area (Å²) < 4.78 is 5.00. The minimum absolute atomic E-state index is 0.283. The first-order chi connectivity index (χ1) is 6.97. The lowest BCUT2D eigenvalue weighted by atomic mass is 10.1. The Morgan fingerprint density at radius 1 is 1.40 bits per heavy atom. The predicted molar refractivity (Wildman–Crippen MR) is 58.0 cm³/mol. The summed E-state index contributed by atoms with van der Waals surface area (Å²) in [5.74, 6) is -0.769. The van der Waals surface area contributed by atoms with Gasteiger partial charge in [0, 0.05) is 11.6 Å². The lowest BCUT2D eigenvalue weighted by Gasteiger charge is -2.08. The summed E-state index contributed by atoms with van der Waals surface area (Å²) in [5.41, 5.74) is 5.35. The van der Waals surface area contributed by atoms with E-state index in [0.717, 1.165) is 12.5 Å². The molecule has 0 saturated carbocycles. The Morgan fingerprint density at radius 2 is 2.00 bits per heavy atom. The smallest absolute Gasteiger partial charge is 0.334 e. The lowest BCUT2D eigenvalue weighted by molar-refractivity contribution is -0.140. The molecule has 0 aliphatic heterocycles. The second kappa shape index (κ2) is 7.04. The van der Waals surface area contributed by atoms with E-state index in [1.807, 2.05) is 20.8 Å². The molecule has 2 N–H and O–H groups in total. The van der Waals surface area contributed by atoms with Crippen molar-refractivity contribution >= 4 is 11.9 Å². The number of esters is 1. The molecule has 4 nitrogen and oxygen atoms in total. The molecule has 0 bridgehead atoms. The number of ether oxygens (including phenoxy) is 1. The zero-order valence-corrected chi connectivity index (χ0v) is 9.58. The summed E-state index contributed by atoms with van der Waals surface area (Å²) in [6, 6.07) is 0. The molecule has 15 heavy (non-hydrogen) atoms. The average molecular weight is 213 g/mol. The maximum Gasteiger partial charge on any atom is 0.334 e. The predicted octanol–water partition coefficient (Wildman–Crippen LogP) is 1.40. The van der Waals surface area contributed by atoms with Crippen molar-refractivity contribution in [1.82, 2.24) is 0 Å². The van der Waals surface area contributed by atoms with Crippen molar-refractivity contribution in [2.24, 2.45) is 11.7 Å². The Balaban J connectivity index is 4.36. The van der Waals surface area contributed by atoms with Crippen molar-refractivity contribution in [2.75, 3.05) is 6.61 Å². The molecule has 0 unspecified atom stereocenters. The number of carbonyl (C=O) groups is 2. The number of hydrogen-bond acceptors (Lipinski definition) is 3. The monoisotopic (exact) mass is 213 g/mol. The summed E-state index contributed by atoms with van der Waals surface area (Å²) in [4.78, 5) is 22.1. The van der Waals surface area contributed by atoms with Gasteiger partial charge < -0.3 is 10.5 Å². The van der Waals surface area contributed by atoms with Gasteiger partial charge in [0.2, 0.25) is 5.91 Å². The summed E-state index contributed by atoms with van der Waals surface area (Å²) >= 11 is 0. The van der Waals surface area contributed by atoms with Crippen LogP contribution in [0.2, 0.25) is 0 Å². The molecule has 0 aliphatic rings. The molecular formula is C11H19NO3. The highest BCUT2D eigenvalue weighted by atomic mass is 16.5. The first kappa shape index (κ1) is 13.7. The van der Waals surface area contributed by atoms with E-state index in [4.69, 9.17) is 10.5 Å². The molecule has 1 amide bonds. The quantitative estimate of drug-likeness (QED) is 0.535. The molecule has 0 radical (unpaired) electrons. The van der Waals surface area contributed by atoms with Gasteiger partial charge in [-0.1, -0.05) is 27.2 Å². The van der Waals surface area contributed by atoms with Crippen molar-refractivity contribution in [2.45, 2.75) is 33.6 Å². The molecule has 0 aromatic heterocycles. The van der Waals surface area contributed by atoms with E-state index in [2.05, 4.69) is 0 Å². The summed E-state index contributed by atoms with van der Waals surface area (Å²) in [7, 11) is 0. The van der Waals surface area contributed by atoms with Crippen molar-refractivity contribution < 1.29 is 14.3 Å². The minimum Gasteiger partial charge on any atom is -0.462 e. The van der Waals surface area contributed by atoms with Gasteiger partial charge in [0.05, 0.1) is 6.61 Å². The fraction of sp³-hybridized carbons (Fsp3) is 0.636. The molecule has 86 valence electrons. The Morgan fingerprint density at radius 3 is 2.40 bits per heavy atom. The van der Waals surface area contributed by atoms with Crippen LogP contribution in [0.1, 0.15) is 33.6 Å². The fourth-order valence-electron chi connectivity index (χ4n) is 1.01. The fourth-order valence-corrected chi connectivity index (χ4v) is 1.01. The zero-order valence-electron chi connectivity index (χ0n) is 9.58. The molecule has 0 saturated heterocycles. The highest BCUT2D eigenvalue weighted by Crippen LogP contribution is 2.08. The first-order valence-electron chi connectivity index (χ1n) is 5.14. The molecule has 0 atom stereocenters. The van der Waals surface area contributed by atoms with Crippen LogP contribution in [0.4, 0.5) is 0 Å². The molecule has 0 aliphatic carbocycles. The average Bonchev–Trinajstić information content (AvgIpc) is 2.12. The number of amides is 1. The molecule has 0 heterocycles. The van der Waals surface area contributed by atoms with Crippen molar-refractivity contribution in [3.05, 3.63) is 11.6 Å². The number of primary amides is 1. The largest absolute Gasteiger partial charge is 0.462 e. The van der Waals surface area contributed by atoms with E-state index in [0.29, 0.717) is 18.6 Å². The number of hydrogen-bond donors (Lipinski definition) is 1. The van der Waals surface area contributed by atoms with Crippen LogP contribution in [0.15, 0.2) is 11.6 Å². The van der Waals surface area contributed by atoms with Gasteiger partial charge in [-0.2, -0.15) is 0 Å². The summed E-state index contributed by atoms with van der Waals surface area (Å²) in [6.45, 7) is 6.18. The highest BCUT2D eigenvalue weighted by molar-refractivity contribution is 5.97. The van der Waals surface area contributed by atoms with E-state index in [9.17, 15) is 9.59 Å². The Hall–Kier alpha value is -1.32. The normalized spacial score (nSPS) is 11.6. The first-order valence-corrected chi connectivity index (χ1v) is 5.14. The van der Waals surface area contributed by atoms with Crippen LogP contribution in [-0.2, 0) is 14.3 Å². The molecule has 4 heteroatoms. The van der Waals surface area contributed by atoms with Gasteiger partial charge in [-0.15, -0.1) is 0 Å². The van der Waals surface area contributed by atoms with Crippen molar-refractivity contribution in [3.63, 3.8) is 0 Å². The van der Waals surface area contributed by atoms with E-state index in [1.54, 1.807) is 0 Å². The van der Waals surface area contributed by atoms with E-state index >= 15 is 0 Å². The second-order valence-electron chi connectivity index (χ2n) is 3.81. The van der Waals surface area contributed by atoms with Gasteiger partial charge in [-0.05, 0) is 12.3 Å². The molecular weight excluding hydrogens is 194 g/mol. The highest BCUT2D eigenvalue weighted by Gasteiger charge is 2.11. The topological polar surface area (TPSA) is 69.4 Å². The molecule has 0 fully saturated rings. The van der Waals surface area contributed by atoms with Crippen LogP contribution in [0.25, 0.3) is 0 Å². The minimum atomic E-state index is -0.611. The van der Waals surface area contributed by atoms with E-state index in [1.165, 1.54) is 0 Å². The SMILES string of the molecule is CCC/C(=C/C(N)=O)C(=O)OCC(C)C. The zero-order chi connectivity index (χ0) is 11.8. The van der Waals surface area contributed by atoms with Gasteiger partial charge in [0.15, 0.2) is 0 Å². The number of rotatable bonds is 6. The van der Waals surface area contributed by atoms with E-state index < -0.39 is 11.9 Å². The van der Waals surface area contributed by atoms with Crippen molar-refractivity contribution in [1.29, 1.82) is 0 Å². The van der Waals surface area contributed by atoms with Crippen LogP contribution < -0.4 is 5.73 Å². The Bertz CT molecular complexity index is 257. The van der Waals surface area contributed by atoms with Crippen LogP contribution in [0.5, 0.6) is 0 Å². The molecule has 0 rings (SSSR count). The Kier molecular flexibility index (Phi) is 6.42. The summed E-state index contributed by atoms with van der Waals surface area (Å²) in [5, 5.41) is 0. The van der Waals surface area contributed by atoms with Crippen LogP contribution in [0.3, 0.4) is 0 Å². The maximum atomic E-state index is 11.5. The van der Waals surface area contributed by atoms with Gasteiger partial charge in [-0.3, -0.25) is 4.79 Å². The molecule has 0 aromatic rings. The third-order valence-electron chi connectivity index (χ3n) is 1.65. The molecule has 0 spiro atoms. The Labute approximate surface area is 90.5 Å². The number of nitrogens with two attached hydrogens (primary N) is 1. The van der Waals surface area contributed by atoms with Gasteiger partial charge >= 0.3 is 5.97 Å². The van der Waals surface area contributed by atoms with Crippen LogP contribution >= 0.6 is 0 Å².